The average molecular weight is 429 g/mol. The van der Waals surface area contributed by atoms with Gasteiger partial charge in [0, 0.05) is 12.8 Å². The Kier molecular flexibility index (Phi) is 4.32. The second-order valence-corrected chi connectivity index (χ2v) is 9.31. The molecule has 0 unspecified atom stereocenters. The fourth-order valence-electron chi connectivity index (χ4n) is 4.89. The maximum Gasteiger partial charge on any atom is 0.563 e. The van der Waals surface area contributed by atoms with Gasteiger partial charge in [0.1, 0.15) is 5.60 Å². The Labute approximate surface area is 187 Å². The van der Waals surface area contributed by atoms with Crippen LogP contribution in [0, 0.1) is 0 Å². The number of aliphatic hydroxyl groups is 1. The summed E-state index contributed by atoms with van der Waals surface area (Å²) in [6.45, 7) is 11.4. The average Bonchev–Trinajstić information content (AvgIpc) is 3.18. The maximum absolute atomic E-state index is 13.3. The van der Waals surface area contributed by atoms with Crippen LogP contribution in [0.5, 0.6) is 0 Å². The number of carbonyl (C=O) groups excluding carboxylic acids is 2. The molecule has 2 aromatic carbocycles. The van der Waals surface area contributed by atoms with Crippen molar-refractivity contribution in [3.63, 3.8) is 0 Å². The van der Waals surface area contributed by atoms with E-state index in [2.05, 4.69) is 13.2 Å². The predicted molar refractivity (Wildman–Crippen MR) is 120 cm³/mol. The number of nitrogens with zero attached hydrogens (tertiary/aromatic N) is 1. The number of carbonyl (C=O) groups is 2. The number of fused-ring (bicyclic) bond motifs is 1. The molecule has 2 aromatic rings. The zero-order valence-electron chi connectivity index (χ0n) is 18.1. The van der Waals surface area contributed by atoms with E-state index in [1.54, 1.807) is 24.3 Å². The standard InChI is InChI=1S/C25H24BNO5/c1-5-24(30)14-25(15-24,27-21(28)19-8-6-7-9-20(19)22(27)29)17-10-12-18(13-11-17)26-31-16(2)23(3,4)32-26/h5-13,30H,1-2,14-15H2,3-4H3. The third kappa shape index (κ3) is 2.81. The molecule has 2 aliphatic heterocycles. The fourth-order valence-corrected chi connectivity index (χ4v) is 4.89. The van der Waals surface area contributed by atoms with E-state index in [0.29, 0.717) is 16.9 Å². The van der Waals surface area contributed by atoms with E-state index >= 15 is 0 Å². The lowest BCUT2D eigenvalue weighted by Crippen LogP contribution is -2.64. The Morgan fingerprint density at radius 3 is 2.06 bits per heavy atom. The second kappa shape index (κ2) is 6.67. The summed E-state index contributed by atoms with van der Waals surface area (Å²) >= 11 is 0. The Hall–Kier alpha value is -3.16. The van der Waals surface area contributed by atoms with Gasteiger partial charge in [0.25, 0.3) is 11.8 Å². The molecule has 0 aromatic heterocycles. The Morgan fingerprint density at radius 2 is 1.59 bits per heavy atom. The highest BCUT2D eigenvalue weighted by atomic mass is 16.7. The number of hydrogen-bond donors (Lipinski definition) is 1. The molecule has 3 aliphatic rings. The van der Waals surface area contributed by atoms with Crippen LogP contribution in [0.25, 0.3) is 0 Å². The van der Waals surface area contributed by atoms with Gasteiger partial charge in [-0.3, -0.25) is 14.5 Å². The summed E-state index contributed by atoms with van der Waals surface area (Å²) < 4.78 is 11.7. The van der Waals surface area contributed by atoms with Crippen molar-refractivity contribution < 1.29 is 24.0 Å². The van der Waals surface area contributed by atoms with Crippen LogP contribution in [0.4, 0.5) is 0 Å². The van der Waals surface area contributed by atoms with Crippen molar-refractivity contribution in [3.8, 4) is 0 Å². The first-order valence-electron chi connectivity index (χ1n) is 10.6. The summed E-state index contributed by atoms with van der Waals surface area (Å²) in [6.07, 6.45) is 1.86. The number of benzene rings is 2. The van der Waals surface area contributed by atoms with E-state index in [1.807, 2.05) is 38.1 Å². The van der Waals surface area contributed by atoms with Gasteiger partial charge in [0.2, 0.25) is 0 Å². The van der Waals surface area contributed by atoms with Gasteiger partial charge in [-0.05, 0) is 37.0 Å². The van der Waals surface area contributed by atoms with Crippen molar-refractivity contribution in [2.75, 3.05) is 0 Å². The van der Waals surface area contributed by atoms with Crippen LogP contribution in [0.3, 0.4) is 0 Å². The molecule has 5 rings (SSSR count). The molecule has 7 heteroatoms. The van der Waals surface area contributed by atoms with Crippen LogP contribution < -0.4 is 5.46 Å². The highest BCUT2D eigenvalue weighted by Crippen LogP contribution is 2.55. The molecule has 6 nitrogen and oxygen atoms in total. The number of hydrogen-bond acceptors (Lipinski definition) is 5. The van der Waals surface area contributed by atoms with Crippen LogP contribution in [-0.2, 0) is 14.8 Å². The van der Waals surface area contributed by atoms with Gasteiger partial charge in [0.15, 0.2) is 0 Å². The van der Waals surface area contributed by atoms with E-state index < -0.39 is 23.9 Å². The second-order valence-electron chi connectivity index (χ2n) is 9.31. The van der Waals surface area contributed by atoms with E-state index in [-0.39, 0.29) is 24.7 Å². The third-order valence-corrected chi connectivity index (χ3v) is 6.84. The SMILES string of the molecule is C=CC1(O)CC(c2ccc(B3OC(=C)C(C)(C)O3)cc2)(N2C(=O)c3ccccc3C2=O)C1. The minimum absolute atomic E-state index is 0.189. The Balaban J connectivity index is 1.52. The summed E-state index contributed by atoms with van der Waals surface area (Å²) in [5.74, 6) is -0.133. The topological polar surface area (TPSA) is 76.1 Å². The minimum atomic E-state index is -1.15. The molecule has 1 saturated carbocycles. The first-order valence-corrected chi connectivity index (χ1v) is 10.6. The molecule has 1 N–H and O–H groups in total. The number of amides is 2. The van der Waals surface area contributed by atoms with Crippen LogP contribution >= 0.6 is 0 Å². The quantitative estimate of drug-likeness (QED) is 0.460. The summed E-state index contributed by atoms with van der Waals surface area (Å²) in [5.41, 5.74) is -0.358. The normalized spacial score (nSPS) is 28.4. The van der Waals surface area contributed by atoms with E-state index in [4.69, 9.17) is 9.31 Å². The predicted octanol–water partition coefficient (Wildman–Crippen LogP) is 2.92. The fraction of sp³-hybridized carbons (Fsp3) is 0.280. The molecule has 32 heavy (non-hydrogen) atoms. The van der Waals surface area contributed by atoms with Crippen molar-refractivity contribution in [2.24, 2.45) is 0 Å². The molecule has 2 fully saturated rings. The Morgan fingerprint density at radius 1 is 1.03 bits per heavy atom. The highest BCUT2D eigenvalue weighted by molar-refractivity contribution is 6.62. The number of imide groups is 1. The van der Waals surface area contributed by atoms with Gasteiger partial charge >= 0.3 is 7.12 Å². The largest absolute Gasteiger partial charge is 0.563 e. The molecule has 1 saturated heterocycles. The molecule has 0 bridgehead atoms. The zero-order valence-corrected chi connectivity index (χ0v) is 18.1. The van der Waals surface area contributed by atoms with Crippen molar-refractivity contribution in [1.82, 2.24) is 4.90 Å². The minimum Gasteiger partial charge on any atom is -0.534 e. The third-order valence-electron chi connectivity index (χ3n) is 6.84. The number of rotatable bonds is 4. The van der Waals surface area contributed by atoms with Gasteiger partial charge in [-0.2, -0.15) is 0 Å². The van der Waals surface area contributed by atoms with Crippen molar-refractivity contribution in [2.45, 2.75) is 43.4 Å². The molecule has 0 spiro atoms. The molecule has 2 amide bonds. The Bertz CT molecular complexity index is 1130. The first-order chi connectivity index (χ1) is 15.1. The molecular weight excluding hydrogens is 405 g/mol. The van der Waals surface area contributed by atoms with Gasteiger partial charge in [0.05, 0.1) is 28.0 Å². The molecule has 162 valence electrons. The lowest BCUT2D eigenvalue weighted by atomic mass is 9.60. The van der Waals surface area contributed by atoms with E-state index in [9.17, 15) is 14.7 Å². The maximum atomic E-state index is 13.3. The van der Waals surface area contributed by atoms with Crippen LogP contribution in [0.15, 0.2) is 73.5 Å². The van der Waals surface area contributed by atoms with Gasteiger partial charge in [-0.25, -0.2) is 0 Å². The highest BCUT2D eigenvalue weighted by Gasteiger charge is 2.61. The lowest BCUT2D eigenvalue weighted by molar-refractivity contribution is -0.0989. The van der Waals surface area contributed by atoms with Gasteiger partial charge in [-0.1, -0.05) is 49.1 Å². The molecule has 0 radical (unpaired) electrons. The monoisotopic (exact) mass is 429 g/mol. The van der Waals surface area contributed by atoms with Crippen molar-refractivity contribution in [1.29, 1.82) is 0 Å². The van der Waals surface area contributed by atoms with E-state index in [1.165, 1.54) is 11.0 Å². The molecular formula is C25H24BNO5. The van der Waals surface area contributed by atoms with Crippen molar-refractivity contribution >= 4 is 24.4 Å². The lowest BCUT2D eigenvalue weighted by Gasteiger charge is -2.55. The summed E-state index contributed by atoms with van der Waals surface area (Å²) in [7, 11) is -0.576. The summed E-state index contributed by atoms with van der Waals surface area (Å²) in [4.78, 5) is 27.8. The smallest absolute Gasteiger partial charge is 0.534 e. The van der Waals surface area contributed by atoms with Crippen LogP contribution in [0.1, 0.15) is 53.0 Å². The summed E-state index contributed by atoms with van der Waals surface area (Å²) in [5, 5.41) is 10.8. The first kappa shape index (κ1) is 20.7. The zero-order chi connectivity index (χ0) is 22.9. The van der Waals surface area contributed by atoms with Gasteiger partial charge in [-0.15, -0.1) is 6.58 Å². The molecule has 0 atom stereocenters. The molecule has 1 aliphatic carbocycles. The summed E-state index contributed by atoms with van der Waals surface area (Å²) in [6, 6.07) is 14.3. The van der Waals surface area contributed by atoms with Gasteiger partial charge < -0.3 is 14.4 Å². The van der Waals surface area contributed by atoms with Crippen molar-refractivity contribution in [3.05, 3.63) is 90.2 Å². The van der Waals surface area contributed by atoms with Crippen LogP contribution in [0.2, 0.25) is 0 Å². The molecule has 2 heterocycles. The van der Waals surface area contributed by atoms with Crippen LogP contribution in [-0.4, -0.2) is 40.1 Å². The van der Waals surface area contributed by atoms with E-state index in [0.717, 1.165) is 11.0 Å².